The number of nitrogens with one attached hydrogen (secondary N) is 2. The highest BCUT2D eigenvalue weighted by Gasteiger charge is 2.22. The van der Waals surface area contributed by atoms with E-state index < -0.39 is 0 Å². The van der Waals surface area contributed by atoms with Crippen LogP contribution in [0.4, 0.5) is 11.4 Å². The second kappa shape index (κ2) is 12.3. The molecule has 3 rings (SSSR count). The van der Waals surface area contributed by atoms with Crippen molar-refractivity contribution in [3.8, 4) is 11.5 Å². The van der Waals surface area contributed by atoms with Crippen molar-refractivity contribution < 1.29 is 14.7 Å². The summed E-state index contributed by atoms with van der Waals surface area (Å²) in [6.07, 6.45) is 9.19. The molecule has 1 aliphatic carbocycles. The Kier molecular flexibility index (Phi) is 9.23. The van der Waals surface area contributed by atoms with Crippen LogP contribution in [0.15, 0.2) is 48.5 Å². The second-order valence-corrected chi connectivity index (χ2v) is 8.70. The van der Waals surface area contributed by atoms with Crippen LogP contribution < -0.4 is 15.5 Å². The molecule has 2 aromatic rings. The number of hydrogen-bond acceptors (Lipinski definition) is 5. The molecule has 1 fully saturated rings. The van der Waals surface area contributed by atoms with Crippen molar-refractivity contribution in [1.29, 1.82) is 0 Å². The van der Waals surface area contributed by atoms with Crippen LogP contribution in [0.1, 0.15) is 64.7 Å². The van der Waals surface area contributed by atoms with E-state index in [1.807, 2.05) is 54.4 Å². The van der Waals surface area contributed by atoms with Crippen molar-refractivity contribution in [3.05, 3.63) is 48.5 Å². The number of nitrogens with zero attached hydrogens (tertiary/aromatic N) is 1. The van der Waals surface area contributed by atoms with Gasteiger partial charge in [-0.3, -0.25) is 15.5 Å². The Labute approximate surface area is 191 Å². The summed E-state index contributed by atoms with van der Waals surface area (Å²) in [4.78, 5) is 14.8. The van der Waals surface area contributed by atoms with E-state index in [4.69, 9.17) is 4.74 Å². The van der Waals surface area contributed by atoms with Gasteiger partial charge in [-0.15, -0.1) is 0 Å². The lowest BCUT2D eigenvalue weighted by Crippen LogP contribution is -2.38. The van der Waals surface area contributed by atoms with Crippen molar-refractivity contribution in [2.75, 3.05) is 17.8 Å². The highest BCUT2D eigenvalue weighted by molar-refractivity contribution is 5.76. The summed E-state index contributed by atoms with van der Waals surface area (Å²) in [6.45, 7) is 2.14. The molecule has 0 aromatic heterocycles. The first-order valence-corrected chi connectivity index (χ1v) is 11.9. The van der Waals surface area contributed by atoms with E-state index in [1.165, 1.54) is 19.3 Å². The molecule has 1 unspecified atom stereocenters. The summed E-state index contributed by atoms with van der Waals surface area (Å²) in [5.74, 6) is 1.66. The molecule has 0 radical (unpaired) electrons. The molecule has 6 nitrogen and oxygen atoms in total. The van der Waals surface area contributed by atoms with Gasteiger partial charge in [-0.2, -0.15) is 0 Å². The van der Waals surface area contributed by atoms with E-state index in [1.54, 1.807) is 6.07 Å². The summed E-state index contributed by atoms with van der Waals surface area (Å²) >= 11 is 0. The molecule has 3 N–H and O–H groups in total. The first-order chi connectivity index (χ1) is 15.6. The maximum atomic E-state index is 12.8. The summed E-state index contributed by atoms with van der Waals surface area (Å²) in [6, 6.07) is 15.6. The Morgan fingerprint density at radius 1 is 1.06 bits per heavy atom. The van der Waals surface area contributed by atoms with Gasteiger partial charge in [-0.1, -0.05) is 50.8 Å². The Morgan fingerprint density at radius 3 is 2.50 bits per heavy atom. The number of amides is 1. The zero-order valence-electron chi connectivity index (χ0n) is 19.3. The largest absolute Gasteiger partial charge is 0.457 e. The van der Waals surface area contributed by atoms with E-state index in [-0.39, 0.29) is 11.9 Å². The lowest BCUT2D eigenvalue weighted by molar-refractivity contribution is -0.132. The third-order valence-electron chi connectivity index (χ3n) is 6.31. The van der Waals surface area contributed by atoms with Gasteiger partial charge in [0.1, 0.15) is 11.5 Å². The number of anilines is 2. The molecule has 1 atom stereocenters. The number of rotatable bonds is 11. The molecule has 0 spiro atoms. The van der Waals surface area contributed by atoms with Crippen molar-refractivity contribution in [2.24, 2.45) is 0 Å². The molecule has 0 saturated heterocycles. The van der Waals surface area contributed by atoms with E-state index in [0.29, 0.717) is 23.9 Å². The summed E-state index contributed by atoms with van der Waals surface area (Å²) in [7, 11) is 1.96. The summed E-state index contributed by atoms with van der Waals surface area (Å²) in [5, 5.41) is 13.1. The molecule has 6 heteroatoms. The third kappa shape index (κ3) is 6.89. The number of para-hydroxylation sites is 1. The quantitative estimate of drug-likeness (QED) is 0.352. The van der Waals surface area contributed by atoms with Crippen LogP contribution in [0, 0.1) is 0 Å². The van der Waals surface area contributed by atoms with E-state index in [2.05, 4.69) is 17.7 Å². The molecule has 174 valence electrons. The maximum absolute atomic E-state index is 12.8. The Bertz CT molecular complexity index is 837. The van der Waals surface area contributed by atoms with Crippen molar-refractivity contribution in [1.82, 2.24) is 4.90 Å². The van der Waals surface area contributed by atoms with Gasteiger partial charge in [-0.25, -0.2) is 0 Å². The number of carbonyl (C=O) groups is 1. The van der Waals surface area contributed by atoms with Crippen molar-refractivity contribution >= 4 is 17.3 Å². The highest BCUT2D eigenvalue weighted by atomic mass is 16.5. The molecular weight excluding hydrogens is 402 g/mol. The Hall–Kier alpha value is -2.73. The molecule has 32 heavy (non-hydrogen) atoms. The Morgan fingerprint density at radius 2 is 1.81 bits per heavy atom. The number of hydrogen-bond donors (Lipinski definition) is 3. The van der Waals surface area contributed by atoms with Gasteiger partial charge in [0.05, 0.1) is 11.4 Å². The monoisotopic (exact) mass is 439 g/mol. The second-order valence-electron chi connectivity index (χ2n) is 8.70. The Balaban J connectivity index is 1.63. The van der Waals surface area contributed by atoms with Gasteiger partial charge in [0.15, 0.2) is 0 Å². The standard InChI is InChI=1S/C26H37N3O3/c1-3-10-20(15-18-26(30)29(2)21-11-6-4-7-12-21)27-25-19-23(16-17-24(25)28-31)32-22-13-8-5-9-14-22/h5,8-9,13-14,16-17,19-21,27-28,31H,3-4,6-7,10-12,15,18H2,1-2H3. The van der Waals surface area contributed by atoms with Gasteiger partial charge in [0, 0.05) is 31.6 Å². The van der Waals surface area contributed by atoms with Crippen LogP contribution in [0.25, 0.3) is 0 Å². The number of ether oxygens (including phenoxy) is 1. The first-order valence-electron chi connectivity index (χ1n) is 11.9. The van der Waals surface area contributed by atoms with Crippen LogP contribution in [-0.4, -0.2) is 35.1 Å². The SMILES string of the molecule is CCCC(CCC(=O)N(C)C1CCCCC1)Nc1cc(Oc2ccccc2)ccc1NO. The van der Waals surface area contributed by atoms with Crippen LogP contribution in [-0.2, 0) is 4.79 Å². The lowest BCUT2D eigenvalue weighted by Gasteiger charge is -2.32. The van der Waals surface area contributed by atoms with Crippen LogP contribution in [0.2, 0.25) is 0 Å². The zero-order valence-corrected chi connectivity index (χ0v) is 19.3. The topological polar surface area (TPSA) is 73.8 Å². The van der Waals surface area contributed by atoms with Gasteiger partial charge < -0.3 is 15.0 Å². The normalized spacial score (nSPS) is 15.1. The predicted octanol–water partition coefficient (Wildman–Crippen LogP) is 6.43. The molecule has 0 bridgehead atoms. The van der Waals surface area contributed by atoms with Crippen LogP contribution in [0.5, 0.6) is 11.5 Å². The first kappa shape index (κ1) is 23.9. The molecule has 1 aliphatic rings. The highest BCUT2D eigenvalue weighted by Crippen LogP contribution is 2.31. The number of benzene rings is 2. The predicted molar refractivity (Wildman–Crippen MR) is 130 cm³/mol. The smallest absolute Gasteiger partial charge is 0.222 e. The molecule has 1 saturated carbocycles. The molecule has 1 amide bonds. The average Bonchev–Trinajstić information content (AvgIpc) is 2.83. The molecule has 2 aromatic carbocycles. The molecule has 0 aliphatic heterocycles. The maximum Gasteiger partial charge on any atom is 0.222 e. The van der Waals surface area contributed by atoms with E-state index in [0.717, 1.165) is 43.5 Å². The lowest BCUT2D eigenvalue weighted by atomic mass is 9.94. The van der Waals surface area contributed by atoms with Crippen LogP contribution in [0.3, 0.4) is 0 Å². The van der Waals surface area contributed by atoms with Gasteiger partial charge in [-0.05, 0) is 49.9 Å². The molecular formula is C26H37N3O3. The van der Waals surface area contributed by atoms with Crippen molar-refractivity contribution in [3.63, 3.8) is 0 Å². The summed E-state index contributed by atoms with van der Waals surface area (Å²) in [5.41, 5.74) is 3.60. The van der Waals surface area contributed by atoms with Gasteiger partial charge >= 0.3 is 0 Å². The fourth-order valence-electron chi connectivity index (χ4n) is 4.43. The fourth-order valence-corrected chi connectivity index (χ4v) is 4.43. The molecule has 0 heterocycles. The van der Waals surface area contributed by atoms with E-state index in [9.17, 15) is 10.0 Å². The minimum atomic E-state index is 0.128. The minimum Gasteiger partial charge on any atom is -0.457 e. The summed E-state index contributed by atoms with van der Waals surface area (Å²) < 4.78 is 5.95. The fraction of sp³-hybridized carbons (Fsp3) is 0.500. The average molecular weight is 440 g/mol. The van der Waals surface area contributed by atoms with E-state index >= 15 is 0 Å². The third-order valence-corrected chi connectivity index (χ3v) is 6.31. The van der Waals surface area contributed by atoms with Crippen molar-refractivity contribution in [2.45, 2.75) is 76.8 Å². The zero-order chi connectivity index (χ0) is 22.8. The van der Waals surface area contributed by atoms with Gasteiger partial charge in [0.2, 0.25) is 5.91 Å². The number of carbonyl (C=O) groups excluding carboxylic acids is 1. The van der Waals surface area contributed by atoms with Gasteiger partial charge in [0.25, 0.3) is 0 Å². The minimum absolute atomic E-state index is 0.128. The van der Waals surface area contributed by atoms with Crippen LogP contribution >= 0.6 is 0 Å².